The number of nitrogens with two attached hydrogens (primary N) is 2. The van der Waals surface area contributed by atoms with Crippen molar-refractivity contribution in [2.24, 2.45) is 5.73 Å². The molecule has 1 aliphatic heterocycles. The number of nitrogens with zero attached hydrogens (tertiary/aromatic N) is 1. The van der Waals surface area contributed by atoms with E-state index in [-0.39, 0.29) is 0 Å². The molecule has 2 aromatic carbocycles. The summed E-state index contributed by atoms with van der Waals surface area (Å²) in [5, 5.41) is 0. The first kappa shape index (κ1) is 13.5. The number of anilines is 3. The van der Waals surface area contributed by atoms with Crippen molar-refractivity contribution in [1.29, 1.82) is 0 Å². The van der Waals surface area contributed by atoms with E-state index in [1.165, 1.54) is 16.8 Å². The van der Waals surface area contributed by atoms with Crippen LogP contribution in [0.15, 0.2) is 36.4 Å². The highest BCUT2D eigenvalue weighted by Gasteiger charge is 2.19. The summed E-state index contributed by atoms with van der Waals surface area (Å²) in [6.07, 6.45) is 2.18. The third-order valence-electron chi connectivity index (χ3n) is 3.97. The van der Waals surface area contributed by atoms with Gasteiger partial charge in [-0.05, 0) is 49.6 Å². The van der Waals surface area contributed by atoms with Crippen molar-refractivity contribution in [1.82, 2.24) is 0 Å². The van der Waals surface area contributed by atoms with Crippen LogP contribution in [0.1, 0.15) is 27.9 Å². The van der Waals surface area contributed by atoms with E-state index in [9.17, 15) is 4.79 Å². The molecular formula is C17H19N3O. The van der Waals surface area contributed by atoms with Crippen LogP contribution in [0.25, 0.3) is 0 Å². The number of carbonyl (C=O) groups excluding carboxylic acids is 1. The predicted molar refractivity (Wildman–Crippen MR) is 85.9 cm³/mol. The van der Waals surface area contributed by atoms with Gasteiger partial charge in [0.25, 0.3) is 5.91 Å². The van der Waals surface area contributed by atoms with Gasteiger partial charge in [-0.15, -0.1) is 0 Å². The Hall–Kier alpha value is -2.49. The number of hydrogen-bond donors (Lipinski definition) is 2. The quantitative estimate of drug-likeness (QED) is 0.831. The average molecular weight is 281 g/mol. The number of carbonyl (C=O) groups is 1. The molecule has 0 bridgehead atoms. The minimum atomic E-state index is -0.490. The summed E-state index contributed by atoms with van der Waals surface area (Å²) in [6.45, 7) is 3.03. The van der Waals surface area contributed by atoms with Gasteiger partial charge < -0.3 is 16.4 Å². The molecule has 1 amide bonds. The van der Waals surface area contributed by atoms with Gasteiger partial charge in [0.2, 0.25) is 0 Å². The Morgan fingerprint density at radius 3 is 2.76 bits per heavy atom. The largest absolute Gasteiger partial charge is 0.398 e. The lowest BCUT2D eigenvalue weighted by atomic mass is 9.98. The fourth-order valence-corrected chi connectivity index (χ4v) is 2.92. The Bertz CT molecular complexity index is 709. The monoisotopic (exact) mass is 281 g/mol. The number of fused-ring (bicyclic) bond motifs is 1. The van der Waals surface area contributed by atoms with Crippen LogP contribution in [0.5, 0.6) is 0 Å². The molecule has 0 aliphatic carbocycles. The zero-order chi connectivity index (χ0) is 15.0. The maximum absolute atomic E-state index is 11.5. The summed E-state index contributed by atoms with van der Waals surface area (Å²) in [5.41, 5.74) is 16.8. The van der Waals surface area contributed by atoms with Crippen LogP contribution < -0.4 is 16.4 Å². The first-order valence-corrected chi connectivity index (χ1v) is 7.12. The van der Waals surface area contributed by atoms with E-state index in [1.807, 2.05) is 6.07 Å². The molecule has 21 heavy (non-hydrogen) atoms. The van der Waals surface area contributed by atoms with E-state index < -0.39 is 5.91 Å². The van der Waals surface area contributed by atoms with Crippen molar-refractivity contribution in [2.75, 3.05) is 17.2 Å². The number of benzene rings is 2. The highest BCUT2D eigenvalue weighted by atomic mass is 16.1. The molecule has 4 heteroatoms. The smallest absolute Gasteiger partial charge is 0.250 e. The maximum Gasteiger partial charge on any atom is 0.250 e. The molecule has 0 saturated carbocycles. The van der Waals surface area contributed by atoms with Gasteiger partial charge in [0.1, 0.15) is 0 Å². The number of aryl methyl sites for hydroxylation is 2. The highest BCUT2D eigenvalue weighted by molar-refractivity contribution is 5.99. The van der Waals surface area contributed by atoms with Crippen LogP contribution in [0, 0.1) is 6.92 Å². The third-order valence-corrected chi connectivity index (χ3v) is 3.97. The first-order valence-electron chi connectivity index (χ1n) is 7.12. The number of hydrogen-bond acceptors (Lipinski definition) is 3. The summed E-state index contributed by atoms with van der Waals surface area (Å²) in [6, 6.07) is 12.0. The van der Waals surface area contributed by atoms with Crippen LogP contribution in [0.2, 0.25) is 0 Å². The molecule has 1 heterocycles. The first-order chi connectivity index (χ1) is 10.1. The van der Waals surface area contributed by atoms with Gasteiger partial charge in [-0.3, -0.25) is 4.79 Å². The highest BCUT2D eigenvalue weighted by Crippen LogP contribution is 2.35. The lowest BCUT2D eigenvalue weighted by Crippen LogP contribution is -2.25. The minimum Gasteiger partial charge on any atom is -0.398 e. The summed E-state index contributed by atoms with van der Waals surface area (Å²) in [7, 11) is 0. The van der Waals surface area contributed by atoms with Crippen molar-refractivity contribution in [3.63, 3.8) is 0 Å². The molecule has 0 unspecified atom stereocenters. The zero-order valence-electron chi connectivity index (χ0n) is 12.1. The van der Waals surface area contributed by atoms with E-state index in [0.717, 1.165) is 25.1 Å². The standard InChI is InChI=1S/C17H19N3O/c1-11-4-7-16-12(9-11)3-2-8-20(16)13-5-6-15(18)14(10-13)17(19)21/h4-7,9-10H,2-3,8,18H2,1H3,(H2,19,21). The second-order valence-corrected chi connectivity index (χ2v) is 5.52. The Balaban J connectivity index is 2.07. The number of amides is 1. The minimum absolute atomic E-state index is 0.381. The number of rotatable bonds is 2. The van der Waals surface area contributed by atoms with Crippen molar-refractivity contribution in [3.8, 4) is 0 Å². The van der Waals surface area contributed by atoms with Gasteiger partial charge in [0, 0.05) is 23.6 Å². The van der Waals surface area contributed by atoms with Crippen LogP contribution in [-0.2, 0) is 6.42 Å². The fourth-order valence-electron chi connectivity index (χ4n) is 2.92. The van der Waals surface area contributed by atoms with Crippen LogP contribution in [0.4, 0.5) is 17.1 Å². The Kier molecular flexibility index (Phi) is 3.29. The van der Waals surface area contributed by atoms with Gasteiger partial charge in [0.15, 0.2) is 0 Å². The molecular weight excluding hydrogens is 262 g/mol. The lowest BCUT2D eigenvalue weighted by Gasteiger charge is -2.32. The molecule has 0 fully saturated rings. The van der Waals surface area contributed by atoms with Crippen molar-refractivity contribution in [3.05, 3.63) is 53.1 Å². The van der Waals surface area contributed by atoms with Gasteiger partial charge in [-0.1, -0.05) is 17.7 Å². The van der Waals surface area contributed by atoms with E-state index in [0.29, 0.717) is 11.3 Å². The topological polar surface area (TPSA) is 72.3 Å². The zero-order valence-corrected chi connectivity index (χ0v) is 12.1. The lowest BCUT2D eigenvalue weighted by molar-refractivity contribution is 0.100. The summed E-state index contributed by atoms with van der Waals surface area (Å²) in [4.78, 5) is 13.7. The summed E-state index contributed by atoms with van der Waals surface area (Å²) in [5.74, 6) is -0.490. The number of nitrogen functional groups attached to an aromatic ring is 1. The molecule has 0 radical (unpaired) electrons. The normalized spacial score (nSPS) is 13.9. The van der Waals surface area contributed by atoms with Crippen LogP contribution in [-0.4, -0.2) is 12.5 Å². The predicted octanol–water partition coefficient (Wildman–Crippen LogP) is 2.76. The molecule has 0 aromatic heterocycles. The van der Waals surface area contributed by atoms with Crippen LogP contribution in [0.3, 0.4) is 0 Å². The second-order valence-electron chi connectivity index (χ2n) is 5.52. The maximum atomic E-state index is 11.5. The van der Waals surface area contributed by atoms with Gasteiger partial charge >= 0.3 is 0 Å². The summed E-state index contributed by atoms with van der Waals surface area (Å²) < 4.78 is 0. The van der Waals surface area contributed by atoms with E-state index in [4.69, 9.17) is 11.5 Å². The van der Waals surface area contributed by atoms with E-state index in [1.54, 1.807) is 12.1 Å². The Morgan fingerprint density at radius 1 is 1.19 bits per heavy atom. The molecule has 0 spiro atoms. The summed E-state index contributed by atoms with van der Waals surface area (Å²) >= 11 is 0. The third kappa shape index (κ3) is 2.44. The van der Waals surface area contributed by atoms with Crippen molar-refractivity contribution >= 4 is 23.0 Å². The molecule has 108 valence electrons. The fraction of sp³-hybridized carbons (Fsp3) is 0.235. The van der Waals surface area contributed by atoms with E-state index in [2.05, 4.69) is 30.0 Å². The van der Waals surface area contributed by atoms with Crippen molar-refractivity contribution < 1.29 is 4.79 Å². The Morgan fingerprint density at radius 2 is 2.00 bits per heavy atom. The number of primary amides is 1. The van der Waals surface area contributed by atoms with Crippen LogP contribution >= 0.6 is 0 Å². The molecule has 3 rings (SSSR count). The molecule has 2 aromatic rings. The molecule has 0 saturated heterocycles. The molecule has 0 atom stereocenters. The average Bonchev–Trinajstić information content (AvgIpc) is 2.46. The SMILES string of the molecule is Cc1ccc2c(c1)CCCN2c1ccc(N)c(C(N)=O)c1. The molecule has 1 aliphatic rings. The second kappa shape index (κ2) is 5.13. The van der Waals surface area contributed by atoms with Gasteiger partial charge in [-0.25, -0.2) is 0 Å². The van der Waals surface area contributed by atoms with Gasteiger partial charge in [0.05, 0.1) is 5.56 Å². The van der Waals surface area contributed by atoms with E-state index >= 15 is 0 Å². The van der Waals surface area contributed by atoms with Gasteiger partial charge in [-0.2, -0.15) is 0 Å². The molecule has 4 N–H and O–H groups in total. The Labute approximate surface area is 124 Å². The van der Waals surface area contributed by atoms with Crippen molar-refractivity contribution in [2.45, 2.75) is 19.8 Å². The molecule has 4 nitrogen and oxygen atoms in total.